The van der Waals surface area contributed by atoms with Crippen molar-refractivity contribution in [1.29, 1.82) is 0 Å². The lowest BCUT2D eigenvalue weighted by atomic mass is 10.0. The number of nitro groups is 1. The molecule has 0 saturated carbocycles. The van der Waals surface area contributed by atoms with Crippen molar-refractivity contribution in [3.8, 4) is 0 Å². The predicted octanol–water partition coefficient (Wildman–Crippen LogP) is -1.40. The highest BCUT2D eigenvalue weighted by atomic mass is 16.6. The van der Waals surface area contributed by atoms with Gasteiger partial charge in [-0.05, 0) is 18.2 Å². The molecule has 14 heteroatoms. The van der Waals surface area contributed by atoms with Crippen molar-refractivity contribution >= 4 is 34.0 Å². The zero-order valence-electron chi connectivity index (χ0n) is 15.1. The SMILES string of the molecule is NNC(=O)c1cccc([N+](=O)[O-])c1C(=O)NN.Nc1cccc2c(=O)[nH][nH]c(=O)c12. The third kappa shape index (κ3) is 4.29. The highest BCUT2D eigenvalue weighted by molar-refractivity contribution is 6.09. The molecule has 0 aliphatic rings. The molecular weight excluding hydrogens is 400 g/mol. The number of hydrogen-bond donors (Lipinski definition) is 7. The van der Waals surface area contributed by atoms with Crippen LogP contribution in [0.3, 0.4) is 0 Å². The topological polar surface area (TPSA) is 245 Å². The first-order valence-corrected chi connectivity index (χ1v) is 8.01. The summed E-state index contributed by atoms with van der Waals surface area (Å²) in [4.78, 5) is 55.1. The lowest BCUT2D eigenvalue weighted by molar-refractivity contribution is -0.385. The Morgan fingerprint density at radius 3 is 2.10 bits per heavy atom. The van der Waals surface area contributed by atoms with Crippen LogP contribution in [0.4, 0.5) is 11.4 Å². The first-order chi connectivity index (χ1) is 14.2. The lowest BCUT2D eigenvalue weighted by Crippen LogP contribution is -2.35. The van der Waals surface area contributed by atoms with Crippen LogP contribution in [0, 0.1) is 10.1 Å². The molecule has 14 nitrogen and oxygen atoms in total. The number of nitro benzene ring substituents is 1. The summed E-state index contributed by atoms with van der Waals surface area (Å²) >= 11 is 0. The van der Waals surface area contributed by atoms with Gasteiger partial charge in [-0.15, -0.1) is 0 Å². The van der Waals surface area contributed by atoms with Crippen LogP contribution in [0.2, 0.25) is 0 Å². The van der Waals surface area contributed by atoms with Gasteiger partial charge in [-0.1, -0.05) is 12.1 Å². The Kier molecular flexibility index (Phi) is 6.58. The molecule has 0 atom stereocenters. The minimum atomic E-state index is -0.948. The molecule has 1 aromatic heterocycles. The maximum atomic E-state index is 11.4. The number of amides is 2. The molecule has 10 N–H and O–H groups in total. The van der Waals surface area contributed by atoms with Gasteiger partial charge >= 0.3 is 0 Å². The number of carbonyl (C=O) groups excluding carboxylic acids is 2. The number of benzene rings is 2. The molecule has 0 aliphatic carbocycles. The van der Waals surface area contributed by atoms with Gasteiger partial charge in [0, 0.05) is 11.8 Å². The summed E-state index contributed by atoms with van der Waals surface area (Å²) < 4.78 is 0. The van der Waals surface area contributed by atoms with Gasteiger partial charge in [0.25, 0.3) is 28.6 Å². The number of hydrazine groups is 2. The second kappa shape index (κ2) is 9.09. The van der Waals surface area contributed by atoms with Crippen molar-refractivity contribution in [2.45, 2.75) is 0 Å². The number of nitrogens with two attached hydrogens (primary N) is 3. The summed E-state index contributed by atoms with van der Waals surface area (Å²) in [6.45, 7) is 0. The van der Waals surface area contributed by atoms with Gasteiger partial charge in [0.15, 0.2) is 0 Å². The summed E-state index contributed by atoms with van der Waals surface area (Å²) in [6.07, 6.45) is 0. The van der Waals surface area contributed by atoms with Gasteiger partial charge in [0.1, 0.15) is 5.56 Å². The Morgan fingerprint density at radius 1 is 0.933 bits per heavy atom. The molecule has 2 amide bonds. The number of carbonyl (C=O) groups is 2. The van der Waals surface area contributed by atoms with Crippen LogP contribution in [-0.2, 0) is 0 Å². The summed E-state index contributed by atoms with van der Waals surface area (Å²) in [7, 11) is 0. The number of aromatic amines is 2. The van der Waals surface area contributed by atoms with Crippen molar-refractivity contribution in [3.05, 3.63) is 78.3 Å². The smallest absolute Gasteiger partial charge is 0.283 e. The molecule has 2 aromatic carbocycles. The fourth-order valence-electron chi connectivity index (χ4n) is 2.53. The number of nitrogen functional groups attached to an aromatic ring is 3. The average Bonchev–Trinajstić information content (AvgIpc) is 2.75. The van der Waals surface area contributed by atoms with E-state index in [4.69, 9.17) is 17.4 Å². The molecule has 0 saturated heterocycles. The molecular formula is C16H16N8O6. The quantitative estimate of drug-likeness (QED) is 0.0870. The second-order valence-corrected chi connectivity index (χ2v) is 5.58. The van der Waals surface area contributed by atoms with Gasteiger partial charge in [-0.25, -0.2) is 11.7 Å². The van der Waals surface area contributed by atoms with Crippen LogP contribution < -0.4 is 39.4 Å². The van der Waals surface area contributed by atoms with Crippen LogP contribution in [-0.4, -0.2) is 26.9 Å². The maximum Gasteiger partial charge on any atom is 0.283 e. The maximum absolute atomic E-state index is 11.4. The molecule has 30 heavy (non-hydrogen) atoms. The fourth-order valence-corrected chi connectivity index (χ4v) is 2.53. The van der Waals surface area contributed by atoms with Crippen molar-refractivity contribution in [1.82, 2.24) is 21.0 Å². The number of aromatic nitrogens is 2. The first-order valence-electron chi connectivity index (χ1n) is 8.01. The minimum Gasteiger partial charge on any atom is -0.398 e. The minimum absolute atomic E-state index is 0.232. The van der Waals surface area contributed by atoms with Crippen molar-refractivity contribution in [3.63, 3.8) is 0 Å². The van der Waals surface area contributed by atoms with Gasteiger partial charge in [0.05, 0.1) is 21.3 Å². The third-order valence-electron chi connectivity index (χ3n) is 3.83. The van der Waals surface area contributed by atoms with Crippen LogP contribution >= 0.6 is 0 Å². The molecule has 0 spiro atoms. The van der Waals surface area contributed by atoms with E-state index in [1.165, 1.54) is 12.1 Å². The predicted molar refractivity (Wildman–Crippen MR) is 106 cm³/mol. The zero-order valence-corrected chi connectivity index (χ0v) is 15.1. The van der Waals surface area contributed by atoms with E-state index in [1.807, 2.05) is 0 Å². The molecule has 156 valence electrons. The van der Waals surface area contributed by atoms with Gasteiger partial charge in [0.2, 0.25) is 0 Å². The van der Waals surface area contributed by atoms with E-state index in [9.17, 15) is 29.3 Å². The van der Waals surface area contributed by atoms with Crippen LogP contribution in [0.15, 0.2) is 46.0 Å². The van der Waals surface area contributed by atoms with E-state index >= 15 is 0 Å². The molecule has 0 bridgehead atoms. The van der Waals surface area contributed by atoms with Gasteiger partial charge < -0.3 is 5.73 Å². The first kappa shape index (κ1) is 21.7. The van der Waals surface area contributed by atoms with E-state index in [0.717, 1.165) is 6.07 Å². The monoisotopic (exact) mass is 416 g/mol. The van der Waals surface area contributed by atoms with Crippen LogP contribution in [0.5, 0.6) is 0 Å². The Hall–Kier alpha value is -4.56. The van der Waals surface area contributed by atoms with E-state index in [2.05, 4.69) is 10.2 Å². The number of nitrogens with one attached hydrogen (secondary N) is 4. The van der Waals surface area contributed by atoms with E-state index in [1.54, 1.807) is 29.1 Å². The molecule has 3 rings (SSSR count). The van der Waals surface area contributed by atoms with Gasteiger partial charge in [-0.3, -0.25) is 50.3 Å². The van der Waals surface area contributed by atoms with Gasteiger partial charge in [-0.2, -0.15) is 0 Å². The standard InChI is InChI=1S/C8H9N5O4.C8H7N3O2/c9-11-7(14)4-2-1-3-5(13(16)17)6(4)8(15)12-10;9-5-3-1-2-4-6(5)8(13)11-10-7(4)12/h1-3H,9-10H2,(H,11,14)(H,12,15);1-3H,9H2,(H,10,12)(H,11,13). The van der Waals surface area contributed by atoms with E-state index in [-0.39, 0.29) is 22.1 Å². The van der Waals surface area contributed by atoms with Crippen LogP contribution in [0.1, 0.15) is 20.7 Å². The Morgan fingerprint density at radius 2 is 1.53 bits per heavy atom. The fraction of sp³-hybridized carbons (Fsp3) is 0. The zero-order chi connectivity index (χ0) is 22.4. The summed E-state index contributed by atoms with van der Waals surface area (Å²) in [5.41, 5.74) is 7.45. The molecule has 0 aliphatic heterocycles. The number of fused-ring (bicyclic) bond motifs is 1. The normalized spacial score (nSPS) is 9.93. The van der Waals surface area contributed by atoms with E-state index < -0.39 is 28.0 Å². The Bertz CT molecular complexity index is 1250. The Labute approximate surface area is 166 Å². The largest absolute Gasteiger partial charge is 0.398 e. The van der Waals surface area contributed by atoms with Crippen molar-refractivity contribution in [2.75, 3.05) is 5.73 Å². The Balaban J connectivity index is 0.000000220. The van der Waals surface area contributed by atoms with Crippen LogP contribution in [0.25, 0.3) is 10.8 Å². The molecule has 3 aromatic rings. The number of H-pyrrole nitrogens is 2. The number of rotatable bonds is 3. The highest BCUT2D eigenvalue weighted by Gasteiger charge is 2.26. The number of hydrogen-bond acceptors (Lipinski definition) is 9. The summed E-state index contributed by atoms with van der Waals surface area (Å²) in [5.74, 6) is 8.03. The summed E-state index contributed by atoms with van der Waals surface area (Å²) in [6, 6.07) is 8.33. The van der Waals surface area contributed by atoms with E-state index in [0.29, 0.717) is 11.1 Å². The summed E-state index contributed by atoms with van der Waals surface area (Å²) in [5, 5.41) is 15.7. The second-order valence-electron chi connectivity index (χ2n) is 5.58. The lowest BCUT2D eigenvalue weighted by Gasteiger charge is -2.07. The molecule has 0 fully saturated rings. The van der Waals surface area contributed by atoms with Crippen molar-refractivity contribution in [2.24, 2.45) is 11.7 Å². The number of nitrogens with zero attached hydrogens (tertiary/aromatic N) is 1. The molecule has 1 heterocycles. The highest BCUT2D eigenvalue weighted by Crippen LogP contribution is 2.22. The number of anilines is 1. The molecule has 0 radical (unpaired) electrons. The third-order valence-corrected chi connectivity index (χ3v) is 3.83. The molecule has 0 unspecified atom stereocenters. The van der Waals surface area contributed by atoms with Crippen molar-refractivity contribution < 1.29 is 14.5 Å². The average molecular weight is 416 g/mol.